The van der Waals surface area contributed by atoms with E-state index < -0.39 is 29.5 Å². The Morgan fingerprint density at radius 1 is 1.00 bits per heavy atom. The zero-order chi connectivity index (χ0) is 18.9. The molecule has 0 saturated carbocycles. The molecule has 0 radical (unpaired) electrons. The van der Waals surface area contributed by atoms with E-state index in [-0.39, 0.29) is 17.8 Å². The zero-order valence-corrected chi connectivity index (χ0v) is 13.5. The van der Waals surface area contributed by atoms with Crippen molar-refractivity contribution < 1.29 is 31.1 Å². The van der Waals surface area contributed by atoms with Crippen LogP contribution >= 0.6 is 0 Å². The summed E-state index contributed by atoms with van der Waals surface area (Å²) in [6, 6.07) is 1.94. The lowest BCUT2D eigenvalue weighted by Crippen LogP contribution is -2.38. The molecule has 0 aliphatic heterocycles. The van der Waals surface area contributed by atoms with Gasteiger partial charge in [0.2, 0.25) is 0 Å². The van der Waals surface area contributed by atoms with E-state index in [1.807, 2.05) is 0 Å². The monoisotopic (exact) mass is 356 g/mol. The summed E-state index contributed by atoms with van der Waals surface area (Å²) in [7, 11) is 0. The molecule has 0 bridgehead atoms. The fourth-order valence-corrected chi connectivity index (χ4v) is 2.38. The standard InChI is InChI=1S/C15H18F6N2O/c1-8(2)23(9(3)4)12-6-5-10(14(16,17)18)7-11(12)22-13(24)15(19,20)21/h5-9H,1-4H3,(H,22,24). The maximum Gasteiger partial charge on any atom is 0.471 e. The Morgan fingerprint density at radius 2 is 1.50 bits per heavy atom. The molecule has 3 nitrogen and oxygen atoms in total. The molecule has 0 aliphatic carbocycles. The molecule has 0 spiro atoms. The highest BCUT2D eigenvalue weighted by atomic mass is 19.4. The summed E-state index contributed by atoms with van der Waals surface area (Å²) < 4.78 is 75.9. The first-order chi connectivity index (χ1) is 10.7. The molecule has 1 aromatic carbocycles. The van der Waals surface area contributed by atoms with Crippen molar-refractivity contribution in [3.63, 3.8) is 0 Å². The van der Waals surface area contributed by atoms with Crippen molar-refractivity contribution in [1.29, 1.82) is 0 Å². The van der Waals surface area contributed by atoms with E-state index in [2.05, 4.69) is 0 Å². The molecule has 9 heteroatoms. The van der Waals surface area contributed by atoms with Gasteiger partial charge in [0.05, 0.1) is 16.9 Å². The van der Waals surface area contributed by atoms with Crippen LogP contribution in [0, 0.1) is 0 Å². The first kappa shape index (κ1) is 20.1. The topological polar surface area (TPSA) is 32.3 Å². The lowest BCUT2D eigenvalue weighted by molar-refractivity contribution is -0.167. The summed E-state index contributed by atoms with van der Waals surface area (Å²) >= 11 is 0. The highest BCUT2D eigenvalue weighted by Gasteiger charge is 2.40. The normalized spacial score (nSPS) is 12.7. The van der Waals surface area contributed by atoms with Gasteiger partial charge in [0.25, 0.3) is 0 Å². The summed E-state index contributed by atoms with van der Waals surface area (Å²) in [6.45, 7) is 6.97. The Kier molecular flexibility index (Phi) is 5.78. The predicted molar refractivity (Wildman–Crippen MR) is 78.9 cm³/mol. The fourth-order valence-electron chi connectivity index (χ4n) is 2.38. The van der Waals surface area contributed by atoms with Crippen LogP contribution in [0.15, 0.2) is 18.2 Å². The van der Waals surface area contributed by atoms with Gasteiger partial charge in [-0.05, 0) is 45.9 Å². The first-order valence-electron chi connectivity index (χ1n) is 7.13. The molecule has 136 valence electrons. The number of benzene rings is 1. The molecule has 1 rings (SSSR count). The molecule has 0 aliphatic rings. The van der Waals surface area contributed by atoms with Crippen molar-refractivity contribution >= 4 is 17.3 Å². The van der Waals surface area contributed by atoms with Crippen LogP contribution in [-0.2, 0) is 11.0 Å². The van der Waals surface area contributed by atoms with Crippen molar-refractivity contribution in [2.45, 2.75) is 52.1 Å². The van der Waals surface area contributed by atoms with E-state index in [1.165, 1.54) is 0 Å². The van der Waals surface area contributed by atoms with Crippen LogP contribution in [0.25, 0.3) is 0 Å². The minimum atomic E-state index is -5.20. The van der Waals surface area contributed by atoms with Crippen LogP contribution in [0.1, 0.15) is 33.3 Å². The van der Waals surface area contributed by atoms with Gasteiger partial charge in [-0.1, -0.05) is 0 Å². The van der Waals surface area contributed by atoms with Gasteiger partial charge in [-0.2, -0.15) is 26.3 Å². The highest BCUT2D eigenvalue weighted by molar-refractivity contribution is 5.98. The number of amides is 1. The maximum absolute atomic E-state index is 12.8. The third-order valence-corrected chi connectivity index (χ3v) is 3.22. The first-order valence-corrected chi connectivity index (χ1v) is 7.13. The SMILES string of the molecule is CC(C)N(c1ccc(C(F)(F)F)cc1NC(=O)C(F)(F)F)C(C)C. The number of hydrogen-bond acceptors (Lipinski definition) is 2. The van der Waals surface area contributed by atoms with Crippen LogP contribution in [-0.4, -0.2) is 24.2 Å². The van der Waals surface area contributed by atoms with Gasteiger partial charge in [0, 0.05) is 12.1 Å². The van der Waals surface area contributed by atoms with Gasteiger partial charge >= 0.3 is 18.3 Å². The predicted octanol–water partition coefficient (Wildman–Crippen LogP) is 4.83. The molecular weight excluding hydrogens is 338 g/mol. The molecule has 24 heavy (non-hydrogen) atoms. The molecule has 0 saturated heterocycles. The minimum Gasteiger partial charge on any atom is -0.365 e. The fraction of sp³-hybridized carbons (Fsp3) is 0.533. The van der Waals surface area contributed by atoms with Crippen LogP contribution in [0.4, 0.5) is 37.7 Å². The average molecular weight is 356 g/mol. The van der Waals surface area contributed by atoms with Crippen molar-refractivity contribution in [3.8, 4) is 0 Å². The number of alkyl halides is 6. The Balaban J connectivity index is 3.45. The second-order valence-electron chi connectivity index (χ2n) is 5.78. The van der Waals surface area contributed by atoms with Gasteiger partial charge in [0.1, 0.15) is 0 Å². The number of nitrogens with one attached hydrogen (secondary N) is 1. The highest BCUT2D eigenvalue weighted by Crippen LogP contribution is 2.37. The van der Waals surface area contributed by atoms with E-state index in [9.17, 15) is 31.1 Å². The van der Waals surface area contributed by atoms with Gasteiger partial charge in [-0.3, -0.25) is 4.79 Å². The lowest BCUT2D eigenvalue weighted by Gasteiger charge is -2.35. The molecule has 1 N–H and O–H groups in total. The molecular formula is C15H18F6N2O. The Labute approximate surface area is 135 Å². The minimum absolute atomic E-state index is 0.0885. The number of rotatable bonds is 4. The van der Waals surface area contributed by atoms with Gasteiger partial charge in [-0.25, -0.2) is 0 Å². The van der Waals surface area contributed by atoms with E-state index in [1.54, 1.807) is 37.9 Å². The number of nitrogens with zero attached hydrogens (tertiary/aromatic N) is 1. The summed E-state index contributed by atoms with van der Waals surface area (Å²) in [6.07, 6.45) is -9.94. The third-order valence-electron chi connectivity index (χ3n) is 3.22. The van der Waals surface area contributed by atoms with E-state index in [0.717, 1.165) is 12.1 Å². The number of halogens is 6. The van der Waals surface area contributed by atoms with Crippen LogP contribution < -0.4 is 10.2 Å². The van der Waals surface area contributed by atoms with Crippen LogP contribution in [0.2, 0.25) is 0 Å². The Hall–Kier alpha value is -1.93. The molecule has 0 aromatic heterocycles. The largest absolute Gasteiger partial charge is 0.471 e. The molecule has 0 fully saturated rings. The van der Waals surface area contributed by atoms with Gasteiger partial charge in [-0.15, -0.1) is 0 Å². The van der Waals surface area contributed by atoms with Crippen LogP contribution in [0.3, 0.4) is 0 Å². The summed E-state index contributed by atoms with van der Waals surface area (Å²) in [5.74, 6) is -2.32. The Bertz CT molecular complexity index is 585. The van der Waals surface area contributed by atoms with Crippen molar-refractivity contribution in [1.82, 2.24) is 0 Å². The maximum atomic E-state index is 12.8. The van der Waals surface area contributed by atoms with E-state index >= 15 is 0 Å². The summed E-state index contributed by atoms with van der Waals surface area (Å²) in [4.78, 5) is 12.8. The van der Waals surface area contributed by atoms with Crippen molar-refractivity contribution in [2.24, 2.45) is 0 Å². The molecule has 0 unspecified atom stereocenters. The van der Waals surface area contributed by atoms with Crippen molar-refractivity contribution in [2.75, 3.05) is 10.2 Å². The lowest BCUT2D eigenvalue weighted by atomic mass is 10.1. The molecule has 1 amide bonds. The van der Waals surface area contributed by atoms with E-state index in [0.29, 0.717) is 6.07 Å². The second kappa shape index (κ2) is 6.90. The average Bonchev–Trinajstić information content (AvgIpc) is 2.37. The second-order valence-corrected chi connectivity index (χ2v) is 5.78. The number of carbonyl (C=O) groups excluding carboxylic acids is 1. The van der Waals surface area contributed by atoms with Gasteiger partial charge < -0.3 is 10.2 Å². The Morgan fingerprint density at radius 3 is 1.88 bits per heavy atom. The number of carbonyl (C=O) groups is 1. The molecule has 0 heterocycles. The van der Waals surface area contributed by atoms with Gasteiger partial charge in [0.15, 0.2) is 0 Å². The molecule has 1 aromatic rings. The number of anilines is 2. The summed E-state index contributed by atoms with van der Waals surface area (Å²) in [5.41, 5.74) is -1.59. The molecule has 0 atom stereocenters. The smallest absolute Gasteiger partial charge is 0.365 e. The quantitative estimate of drug-likeness (QED) is 0.784. The number of hydrogen-bond donors (Lipinski definition) is 1. The summed E-state index contributed by atoms with van der Waals surface area (Å²) in [5, 5.41) is 1.55. The van der Waals surface area contributed by atoms with Crippen molar-refractivity contribution in [3.05, 3.63) is 23.8 Å². The van der Waals surface area contributed by atoms with Crippen LogP contribution in [0.5, 0.6) is 0 Å². The zero-order valence-electron chi connectivity index (χ0n) is 13.5. The van der Waals surface area contributed by atoms with E-state index in [4.69, 9.17) is 0 Å². The third kappa shape index (κ3) is 4.78.